The van der Waals surface area contributed by atoms with Gasteiger partial charge in [-0.1, -0.05) is 50.1 Å². The van der Waals surface area contributed by atoms with Crippen LogP contribution in [-0.2, 0) is 16.6 Å². The number of halogens is 1. The Labute approximate surface area is 118 Å². The van der Waals surface area contributed by atoms with Crippen molar-refractivity contribution in [2.24, 2.45) is 0 Å². The summed E-state index contributed by atoms with van der Waals surface area (Å²) in [6.07, 6.45) is 2.18. The summed E-state index contributed by atoms with van der Waals surface area (Å²) in [4.78, 5) is 0. The molecule has 0 aliphatic carbocycles. The Bertz CT molecular complexity index is 378. The van der Waals surface area contributed by atoms with Crippen LogP contribution >= 0.6 is 11.6 Å². The summed E-state index contributed by atoms with van der Waals surface area (Å²) in [5.74, 6) is 1.25. The first-order chi connectivity index (χ1) is 8.67. The molecule has 0 saturated heterocycles. The molecular formula is C14H22ClNOS. The molecule has 0 aliphatic rings. The van der Waals surface area contributed by atoms with E-state index in [0.717, 1.165) is 24.9 Å². The van der Waals surface area contributed by atoms with Gasteiger partial charge in [0.15, 0.2) is 0 Å². The third-order valence-electron chi connectivity index (χ3n) is 2.79. The second kappa shape index (κ2) is 8.68. The summed E-state index contributed by atoms with van der Waals surface area (Å²) in [6.45, 7) is 5.16. The Hall–Kier alpha value is -0.380. The second-order valence-corrected chi connectivity index (χ2v) is 6.29. The highest BCUT2D eigenvalue weighted by atomic mass is 35.5. The van der Waals surface area contributed by atoms with Crippen molar-refractivity contribution in [2.45, 2.75) is 38.5 Å². The lowest BCUT2D eigenvalue weighted by Crippen LogP contribution is -2.34. The number of hydrogen-bond acceptors (Lipinski definition) is 2. The quantitative estimate of drug-likeness (QED) is 0.794. The number of nitrogens with one attached hydrogen (secondary N) is 1. The van der Waals surface area contributed by atoms with Crippen LogP contribution < -0.4 is 5.32 Å². The molecule has 2 unspecified atom stereocenters. The van der Waals surface area contributed by atoms with Crippen molar-refractivity contribution in [3.05, 3.63) is 34.9 Å². The van der Waals surface area contributed by atoms with E-state index < -0.39 is 10.8 Å². The minimum atomic E-state index is -0.861. The Morgan fingerprint density at radius 2 is 2.06 bits per heavy atom. The molecule has 0 aliphatic heterocycles. The molecule has 0 radical (unpaired) electrons. The molecule has 1 aromatic carbocycles. The molecule has 2 nitrogen and oxygen atoms in total. The van der Waals surface area contributed by atoms with E-state index >= 15 is 0 Å². The molecule has 0 saturated carbocycles. The van der Waals surface area contributed by atoms with Crippen molar-refractivity contribution in [3.63, 3.8) is 0 Å². The van der Waals surface area contributed by atoms with E-state index in [1.54, 1.807) is 0 Å². The van der Waals surface area contributed by atoms with Gasteiger partial charge in [0.05, 0.1) is 5.75 Å². The standard InChI is InChI=1S/C14H22ClNOS/c1-3-7-13(16-4-2)11-18(17)10-12-8-5-6-9-14(12)15/h5-6,8-9,13,16H,3-4,7,10-11H2,1-2H3. The number of benzene rings is 1. The number of rotatable bonds is 8. The minimum Gasteiger partial charge on any atom is -0.313 e. The molecule has 0 aromatic heterocycles. The molecule has 0 fully saturated rings. The maximum absolute atomic E-state index is 12.1. The van der Waals surface area contributed by atoms with Crippen molar-refractivity contribution in [1.29, 1.82) is 0 Å². The van der Waals surface area contributed by atoms with Gasteiger partial charge >= 0.3 is 0 Å². The van der Waals surface area contributed by atoms with Crippen molar-refractivity contribution in [2.75, 3.05) is 12.3 Å². The fourth-order valence-corrected chi connectivity index (χ4v) is 3.69. The van der Waals surface area contributed by atoms with Crippen LogP contribution in [-0.4, -0.2) is 22.5 Å². The van der Waals surface area contributed by atoms with Gasteiger partial charge in [-0.05, 0) is 24.6 Å². The van der Waals surface area contributed by atoms with Crippen LogP contribution in [0.25, 0.3) is 0 Å². The molecule has 102 valence electrons. The third kappa shape index (κ3) is 5.51. The first-order valence-electron chi connectivity index (χ1n) is 6.49. The van der Waals surface area contributed by atoms with Crippen LogP contribution in [0.4, 0.5) is 0 Å². The predicted octanol–water partition coefficient (Wildman–Crippen LogP) is 3.37. The van der Waals surface area contributed by atoms with E-state index in [9.17, 15) is 4.21 Å². The van der Waals surface area contributed by atoms with E-state index in [4.69, 9.17) is 11.6 Å². The summed E-state index contributed by atoms with van der Waals surface area (Å²) in [5.41, 5.74) is 0.976. The highest BCUT2D eigenvalue weighted by molar-refractivity contribution is 7.84. The first-order valence-corrected chi connectivity index (χ1v) is 8.35. The van der Waals surface area contributed by atoms with E-state index in [2.05, 4.69) is 19.2 Å². The third-order valence-corrected chi connectivity index (χ3v) is 4.57. The summed E-state index contributed by atoms with van der Waals surface area (Å²) in [7, 11) is -0.861. The van der Waals surface area contributed by atoms with Gasteiger partial charge in [-0.2, -0.15) is 0 Å². The van der Waals surface area contributed by atoms with Crippen LogP contribution in [0.3, 0.4) is 0 Å². The van der Waals surface area contributed by atoms with Crippen LogP contribution in [0, 0.1) is 0 Å². The summed E-state index contributed by atoms with van der Waals surface area (Å²) in [6, 6.07) is 7.98. The van der Waals surface area contributed by atoms with Gasteiger partial charge in [0.25, 0.3) is 0 Å². The van der Waals surface area contributed by atoms with Gasteiger partial charge in [-0.3, -0.25) is 4.21 Å². The lowest BCUT2D eigenvalue weighted by atomic mass is 10.2. The fraction of sp³-hybridized carbons (Fsp3) is 0.571. The van der Waals surface area contributed by atoms with E-state index in [-0.39, 0.29) is 0 Å². The summed E-state index contributed by atoms with van der Waals surface area (Å²) < 4.78 is 12.1. The molecule has 0 amide bonds. The molecule has 1 rings (SSSR count). The Kier molecular flexibility index (Phi) is 7.56. The molecule has 1 N–H and O–H groups in total. The molecule has 0 heterocycles. The SMILES string of the molecule is CCCC(CS(=O)Cc1ccccc1Cl)NCC. The molecule has 1 aromatic rings. The van der Waals surface area contributed by atoms with Crippen molar-refractivity contribution in [3.8, 4) is 0 Å². The van der Waals surface area contributed by atoms with Gasteiger partial charge in [0.2, 0.25) is 0 Å². The Morgan fingerprint density at radius 1 is 1.33 bits per heavy atom. The first kappa shape index (κ1) is 15.7. The average molecular weight is 288 g/mol. The maximum Gasteiger partial charge on any atom is 0.0501 e. The highest BCUT2D eigenvalue weighted by Gasteiger charge is 2.12. The van der Waals surface area contributed by atoms with Crippen LogP contribution in [0.5, 0.6) is 0 Å². The lowest BCUT2D eigenvalue weighted by Gasteiger charge is -2.16. The minimum absolute atomic E-state index is 0.350. The molecule has 4 heteroatoms. The molecule has 0 spiro atoms. The van der Waals surface area contributed by atoms with Gasteiger partial charge in [0, 0.05) is 27.6 Å². The molecule has 2 atom stereocenters. The van der Waals surface area contributed by atoms with Crippen LogP contribution in [0.15, 0.2) is 24.3 Å². The predicted molar refractivity (Wildman–Crippen MR) is 80.5 cm³/mol. The number of hydrogen-bond donors (Lipinski definition) is 1. The summed E-state index contributed by atoms with van der Waals surface area (Å²) in [5, 5.41) is 4.10. The van der Waals surface area contributed by atoms with Gasteiger partial charge < -0.3 is 5.32 Å². The maximum atomic E-state index is 12.1. The van der Waals surface area contributed by atoms with E-state index in [1.165, 1.54) is 0 Å². The molecule has 18 heavy (non-hydrogen) atoms. The Morgan fingerprint density at radius 3 is 2.67 bits per heavy atom. The van der Waals surface area contributed by atoms with Crippen molar-refractivity contribution < 1.29 is 4.21 Å². The smallest absolute Gasteiger partial charge is 0.0501 e. The zero-order valence-corrected chi connectivity index (χ0v) is 12.7. The average Bonchev–Trinajstić information content (AvgIpc) is 2.33. The normalized spacial score (nSPS) is 14.4. The zero-order chi connectivity index (χ0) is 13.4. The summed E-state index contributed by atoms with van der Waals surface area (Å²) >= 11 is 6.08. The van der Waals surface area contributed by atoms with Gasteiger partial charge in [-0.15, -0.1) is 0 Å². The van der Waals surface area contributed by atoms with Crippen molar-refractivity contribution in [1.82, 2.24) is 5.32 Å². The van der Waals surface area contributed by atoms with Gasteiger partial charge in [-0.25, -0.2) is 0 Å². The van der Waals surface area contributed by atoms with Crippen LogP contribution in [0.2, 0.25) is 5.02 Å². The van der Waals surface area contributed by atoms with Crippen molar-refractivity contribution >= 4 is 22.4 Å². The largest absolute Gasteiger partial charge is 0.313 e. The fourth-order valence-electron chi connectivity index (χ4n) is 1.95. The van der Waals surface area contributed by atoms with Gasteiger partial charge in [0.1, 0.15) is 0 Å². The topological polar surface area (TPSA) is 29.1 Å². The molecular weight excluding hydrogens is 266 g/mol. The molecule has 0 bridgehead atoms. The van der Waals surface area contributed by atoms with E-state index in [1.807, 2.05) is 24.3 Å². The Balaban J connectivity index is 2.52. The van der Waals surface area contributed by atoms with Crippen LogP contribution in [0.1, 0.15) is 32.3 Å². The lowest BCUT2D eigenvalue weighted by molar-refractivity contribution is 0.525. The van der Waals surface area contributed by atoms with E-state index in [0.29, 0.717) is 22.6 Å². The highest BCUT2D eigenvalue weighted by Crippen LogP contribution is 2.17. The zero-order valence-electron chi connectivity index (χ0n) is 11.1. The second-order valence-electron chi connectivity index (χ2n) is 4.39. The monoisotopic (exact) mass is 287 g/mol.